The number of ketones is 3. The van der Waals surface area contributed by atoms with E-state index < -0.39 is 87.2 Å². The highest BCUT2D eigenvalue weighted by atomic mass is 16.5. The lowest BCUT2D eigenvalue weighted by molar-refractivity contribution is -0.0861. The van der Waals surface area contributed by atoms with Gasteiger partial charge in [-0.3, -0.25) is 14.4 Å². The SMILES string of the molecule is CC(=O)c1c(O)c(C)c(O)c(Cc2c(O)c(C(=O)/C=C/c3ccccc3)c3c4c2O[C@@H]2c5c(O)c(C)c(O)c(C(=O)/C=C/c6ccccc6)c5OC(C)(C)[C@@H]2[C@H]4CC(C)(C)O3)c1O. The van der Waals surface area contributed by atoms with Crippen LogP contribution in [0.15, 0.2) is 72.8 Å². The third-order valence-corrected chi connectivity index (χ3v) is 12.5. The van der Waals surface area contributed by atoms with Crippen molar-refractivity contribution < 1.29 is 59.2 Å². The number of allylic oxidation sites excluding steroid dienone is 2. The Kier molecular flexibility index (Phi) is 10.3. The second-order valence-corrected chi connectivity index (χ2v) is 17.6. The number of carbonyl (C=O) groups is 3. The molecule has 3 heterocycles. The van der Waals surface area contributed by atoms with E-state index in [0.717, 1.165) is 12.5 Å². The molecule has 6 N–H and O–H groups in total. The number of Topliss-reactive ketones (excluding diaryl/α,β-unsaturated/α-hetero) is 1. The van der Waals surface area contributed by atoms with Crippen LogP contribution < -0.4 is 14.2 Å². The van der Waals surface area contributed by atoms with Crippen molar-refractivity contribution in [3.05, 3.63) is 134 Å². The van der Waals surface area contributed by atoms with Gasteiger partial charge in [0, 0.05) is 46.1 Å². The molecule has 8 rings (SSSR count). The molecule has 0 saturated heterocycles. The largest absolute Gasteiger partial charge is 0.507 e. The van der Waals surface area contributed by atoms with Crippen LogP contribution in [-0.4, -0.2) is 59.2 Å². The van der Waals surface area contributed by atoms with Crippen LogP contribution in [-0.2, 0) is 6.42 Å². The summed E-state index contributed by atoms with van der Waals surface area (Å²) in [7, 11) is 0. The van der Waals surface area contributed by atoms with Crippen LogP contribution in [0.25, 0.3) is 12.2 Å². The van der Waals surface area contributed by atoms with Gasteiger partial charge in [-0.2, -0.15) is 0 Å². The minimum Gasteiger partial charge on any atom is -0.507 e. The van der Waals surface area contributed by atoms with Gasteiger partial charge in [-0.05, 0) is 78.2 Å². The number of phenolic OH excluding ortho intramolecular Hbond substituents is 6. The van der Waals surface area contributed by atoms with Gasteiger partial charge in [0.05, 0.1) is 5.56 Å². The molecule has 0 bridgehead atoms. The van der Waals surface area contributed by atoms with Crippen molar-refractivity contribution in [2.75, 3.05) is 0 Å². The summed E-state index contributed by atoms with van der Waals surface area (Å²) >= 11 is 0. The first-order valence-electron chi connectivity index (χ1n) is 20.6. The highest BCUT2D eigenvalue weighted by Crippen LogP contribution is 2.66. The predicted molar refractivity (Wildman–Crippen MR) is 235 cm³/mol. The molecular formula is C51H48O12. The van der Waals surface area contributed by atoms with Gasteiger partial charge in [-0.15, -0.1) is 0 Å². The Morgan fingerprint density at radius 3 is 1.67 bits per heavy atom. The fraction of sp³-hybridized carbons (Fsp3) is 0.275. The van der Waals surface area contributed by atoms with Crippen LogP contribution in [0.1, 0.15) is 129 Å². The van der Waals surface area contributed by atoms with Gasteiger partial charge in [0.25, 0.3) is 0 Å². The average Bonchev–Trinajstić information content (AvgIpc) is 3.22. The monoisotopic (exact) mass is 852 g/mol. The standard InChI is InChI=1S/C51H48O12/c1-24-40(55)29(44(59)34(26(3)52)41(24)56)22-30-45(60)37(33(54)21-19-28-16-12-9-13-17-28)47-35-31(23-50(4,5)62-47)39-49(61-46(30)35)38-43(58)25(2)42(57)36(48(38)63-51(39,6)7)32(53)20-18-27-14-10-8-11-15-27/h8-21,31,39,49,55-60H,22-23H2,1-7H3/b20-18+,21-19+/t31-,39+,49+/m0/s1. The second kappa shape index (κ2) is 15.3. The predicted octanol–water partition coefficient (Wildman–Crippen LogP) is 9.69. The Hall–Kier alpha value is -7.21. The van der Waals surface area contributed by atoms with E-state index >= 15 is 0 Å². The number of hydrogen-bond acceptors (Lipinski definition) is 12. The summed E-state index contributed by atoms with van der Waals surface area (Å²) in [4.78, 5) is 41.4. The van der Waals surface area contributed by atoms with Crippen LogP contribution in [0.5, 0.6) is 51.7 Å². The Balaban J connectivity index is 1.40. The molecule has 0 amide bonds. The molecule has 0 unspecified atom stereocenters. The van der Waals surface area contributed by atoms with Crippen LogP contribution in [0.3, 0.4) is 0 Å². The molecule has 0 spiro atoms. The van der Waals surface area contributed by atoms with Gasteiger partial charge >= 0.3 is 0 Å². The number of fused-ring (bicyclic) bond motifs is 4. The first-order valence-corrected chi connectivity index (χ1v) is 20.6. The van der Waals surface area contributed by atoms with Crippen molar-refractivity contribution >= 4 is 29.5 Å². The molecule has 5 aromatic rings. The zero-order valence-electron chi connectivity index (χ0n) is 35.9. The van der Waals surface area contributed by atoms with Crippen molar-refractivity contribution in [1.82, 2.24) is 0 Å². The number of aromatic hydroxyl groups is 6. The molecular weight excluding hydrogens is 805 g/mol. The van der Waals surface area contributed by atoms with E-state index in [4.69, 9.17) is 14.2 Å². The van der Waals surface area contributed by atoms with Crippen LogP contribution in [0.2, 0.25) is 0 Å². The highest BCUT2D eigenvalue weighted by Gasteiger charge is 2.59. The number of phenols is 6. The number of benzene rings is 5. The topological polar surface area (TPSA) is 200 Å². The fourth-order valence-corrected chi connectivity index (χ4v) is 9.49. The van der Waals surface area contributed by atoms with Gasteiger partial charge in [0.1, 0.15) is 85.7 Å². The maximum Gasteiger partial charge on any atom is 0.193 e. The second-order valence-electron chi connectivity index (χ2n) is 17.6. The Morgan fingerprint density at radius 1 is 0.619 bits per heavy atom. The Morgan fingerprint density at radius 2 is 1.11 bits per heavy atom. The number of ether oxygens (including phenoxy) is 3. The zero-order chi connectivity index (χ0) is 45.4. The lowest BCUT2D eigenvalue weighted by Crippen LogP contribution is -2.53. The van der Waals surface area contributed by atoms with E-state index in [-0.39, 0.29) is 61.9 Å². The number of rotatable bonds is 9. The van der Waals surface area contributed by atoms with Crippen LogP contribution in [0, 0.1) is 19.8 Å². The normalized spacial score (nSPS) is 19.0. The minimum absolute atomic E-state index is 0.00458. The molecule has 0 saturated carbocycles. The molecule has 3 aliphatic rings. The van der Waals surface area contributed by atoms with Crippen molar-refractivity contribution in [2.24, 2.45) is 5.92 Å². The molecule has 12 nitrogen and oxygen atoms in total. The number of carbonyl (C=O) groups excluding carboxylic acids is 3. The maximum absolute atomic E-state index is 14.5. The van der Waals surface area contributed by atoms with E-state index in [1.54, 1.807) is 38.1 Å². The van der Waals surface area contributed by atoms with Crippen LogP contribution in [0.4, 0.5) is 0 Å². The molecule has 0 fully saturated rings. The van der Waals surface area contributed by atoms with Gasteiger partial charge < -0.3 is 44.8 Å². The molecule has 324 valence electrons. The first-order chi connectivity index (χ1) is 29.7. The van der Waals surface area contributed by atoms with E-state index in [1.165, 1.54) is 26.0 Å². The smallest absolute Gasteiger partial charge is 0.193 e. The fourth-order valence-electron chi connectivity index (χ4n) is 9.49. The van der Waals surface area contributed by atoms with E-state index in [2.05, 4.69) is 0 Å². The van der Waals surface area contributed by atoms with Crippen molar-refractivity contribution in [1.29, 1.82) is 0 Å². The Labute approximate surface area is 364 Å². The third kappa shape index (κ3) is 6.99. The maximum atomic E-state index is 14.5. The summed E-state index contributed by atoms with van der Waals surface area (Å²) < 4.78 is 20.4. The van der Waals surface area contributed by atoms with Crippen LogP contribution >= 0.6 is 0 Å². The summed E-state index contributed by atoms with van der Waals surface area (Å²) in [6.07, 6.45) is 4.47. The van der Waals surface area contributed by atoms with Gasteiger partial charge in [-0.25, -0.2) is 0 Å². The third-order valence-electron chi connectivity index (χ3n) is 12.5. The molecule has 5 aromatic carbocycles. The van der Waals surface area contributed by atoms with Crippen molar-refractivity contribution in [2.45, 2.75) is 84.5 Å². The number of hydrogen-bond donors (Lipinski definition) is 6. The van der Waals surface area contributed by atoms with Crippen molar-refractivity contribution in [3.63, 3.8) is 0 Å². The van der Waals surface area contributed by atoms with E-state index in [1.807, 2.05) is 62.4 Å². The first kappa shape index (κ1) is 42.5. The summed E-state index contributed by atoms with van der Waals surface area (Å²) in [5, 5.41) is 69.8. The minimum atomic E-state index is -1.20. The molecule has 63 heavy (non-hydrogen) atoms. The van der Waals surface area contributed by atoms with Crippen molar-refractivity contribution in [3.8, 4) is 51.7 Å². The van der Waals surface area contributed by atoms with E-state index in [0.29, 0.717) is 17.5 Å². The Bertz CT molecular complexity index is 2820. The molecule has 0 aromatic heterocycles. The summed E-state index contributed by atoms with van der Waals surface area (Å²) in [5.41, 5.74) is -1.54. The lowest BCUT2D eigenvalue weighted by atomic mass is 9.63. The highest BCUT2D eigenvalue weighted by molar-refractivity contribution is 6.12. The van der Waals surface area contributed by atoms with Gasteiger partial charge in [0.2, 0.25) is 0 Å². The molecule has 0 aliphatic carbocycles. The summed E-state index contributed by atoms with van der Waals surface area (Å²) in [6.45, 7) is 11.3. The zero-order valence-corrected chi connectivity index (χ0v) is 35.9. The van der Waals surface area contributed by atoms with Gasteiger partial charge in [0.15, 0.2) is 17.3 Å². The van der Waals surface area contributed by atoms with E-state index in [9.17, 15) is 45.0 Å². The quantitative estimate of drug-likeness (QED) is 0.0607. The molecule has 3 aliphatic heterocycles. The summed E-state index contributed by atoms with van der Waals surface area (Å²) in [6, 6.07) is 18.2. The molecule has 12 heteroatoms. The molecule has 3 atom stereocenters. The summed E-state index contributed by atoms with van der Waals surface area (Å²) in [5.74, 6) is -6.61. The molecule has 0 radical (unpaired) electrons. The van der Waals surface area contributed by atoms with Gasteiger partial charge in [-0.1, -0.05) is 72.8 Å². The lowest BCUT2D eigenvalue weighted by Gasteiger charge is -2.54. The average molecular weight is 853 g/mol.